The van der Waals surface area contributed by atoms with E-state index in [9.17, 15) is 9.59 Å². The van der Waals surface area contributed by atoms with Gasteiger partial charge in [-0.3, -0.25) is 9.36 Å². The summed E-state index contributed by atoms with van der Waals surface area (Å²) in [5.74, 6) is 0.107. The molecule has 0 saturated carbocycles. The maximum atomic E-state index is 13.9. The summed E-state index contributed by atoms with van der Waals surface area (Å²) in [6.45, 7) is 3.97. The lowest BCUT2D eigenvalue weighted by Crippen LogP contribution is -2.40. The maximum absolute atomic E-state index is 13.9. The number of carbonyl (C=O) groups excluding carboxylic acids is 1. The molecule has 3 aromatic carbocycles. The Morgan fingerprint density at radius 1 is 1.11 bits per heavy atom. The van der Waals surface area contributed by atoms with Gasteiger partial charge in [-0.25, -0.2) is 9.79 Å². The highest BCUT2D eigenvalue weighted by molar-refractivity contribution is 9.10. The minimum Gasteiger partial charge on any atom is -0.497 e. The van der Waals surface area contributed by atoms with Gasteiger partial charge in [0.25, 0.3) is 5.56 Å². The first-order valence-electron chi connectivity index (χ1n) is 12.1. The Hall–Kier alpha value is -3.75. The number of hydrogen-bond acceptors (Lipinski definition) is 6. The van der Waals surface area contributed by atoms with Crippen LogP contribution in [0.1, 0.15) is 35.2 Å². The van der Waals surface area contributed by atoms with Crippen molar-refractivity contribution >= 4 is 45.0 Å². The average Bonchev–Trinajstić information content (AvgIpc) is 3.24. The van der Waals surface area contributed by atoms with Crippen LogP contribution >= 0.6 is 27.3 Å². The van der Waals surface area contributed by atoms with Crippen LogP contribution in [-0.2, 0) is 9.53 Å². The van der Waals surface area contributed by atoms with Gasteiger partial charge in [0, 0.05) is 10.0 Å². The zero-order chi connectivity index (χ0) is 26.8. The highest BCUT2D eigenvalue weighted by atomic mass is 79.9. The van der Waals surface area contributed by atoms with Gasteiger partial charge in [0.05, 0.1) is 35.6 Å². The lowest BCUT2D eigenvalue weighted by molar-refractivity contribution is -0.138. The van der Waals surface area contributed by atoms with Crippen molar-refractivity contribution in [3.05, 3.63) is 125 Å². The number of methoxy groups -OCH3 is 1. The largest absolute Gasteiger partial charge is 0.497 e. The second kappa shape index (κ2) is 10.9. The summed E-state index contributed by atoms with van der Waals surface area (Å²) in [4.78, 5) is 32.8. The van der Waals surface area contributed by atoms with E-state index in [4.69, 9.17) is 14.5 Å². The quantitative estimate of drug-likeness (QED) is 0.297. The van der Waals surface area contributed by atoms with Crippen LogP contribution in [0.15, 0.2) is 92.6 Å². The monoisotopic (exact) mass is 588 g/mol. The van der Waals surface area contributed by atoms with Crippen LogP contribution in [0, 0.1) is 6.92 Å². The molecule has 1 atom stereocenters. The van der Waals surface area contributed by atoms with E-state index in [0.29, 0.717) is 26.4 Å². The SMILES string of the molecule is CCOC(=O)C1=C(c2ccccc2)N=c2s/c(=C\c3ccc(C)c(Br)c3)c(=O)n2[C@H]1c1cccc(OC)c1. The third-order valence-electron chi connectivity index (χ3n) is 6.28. The molecule has 1 aliphatic heterocycles. The van der Waals surface area contributed by atoms with Crippen molar-refractivity contribution in [2.75, 3.05) is 13.7 Å². The van der Waals surface area contributed by atoms with Gasteiger partial charge in [0.2, 0.25) is 0 Å². The molecule has 5 rings (SSSR count). The standard InChI is InChI=1S/C30H25BrN2O4S/c1-4-37-29(35)25-26(20-9-6-5-7-10-20)32-30-33(27(25)21-11-8-12-22(17-21)36-3)28(34)24(38-30)16-19-14-13-18(2)23(31)15-19/h5-17,27H,4H2,1-3H3/b24-16-/t27-/m0/s1. The summed E-state index contributed by atoms with van der Waals surface area (Å²) in [6, 6.07) is 22.1. The molecule has 6 nitrogen and oxygen atoms in total. The average molecular weight is 590 g/mol. The van der Waals surface area contributed by atoms with Gasteiger partial charge < -0.3 is 9.47 Å². The molecule has 0 saturated heterocycles. The molecule has 1 aliphatic rings. The summed E-state index contributed by atoms with van der Waals surface area (Å²) >= 11 is 4.87. The van der Waals surface area contributed by atoms with Crippen molar-refractivity contribution in [2.45, 2.75) is 19.9 Å². The molecule has 0 fully saturated rings. The Kier molecular flexibility index (Phi) is 7.44. The number of hydrogen-bond donors (Lipinski definition) is 0. The van der Waals surface area contributed by atoms with E-state index >= 15 is 0 Å². The number of aryl methyl sites for hydroxylation is 1. The summed E-state index contributed by atoms with van der Waals surface area (Å²) in [5.41, 5.74) is 4.05. The number of ether oxygens (including phenoxy) is 2. The fourth-order valence-corrected chi connectivity index (χ4v) is 5.82. The van der Waals surface area contributed by atoms with Crippen molar-refractivity contribution in [2.24, 2.45) is 4.99 Å². The first-order valence-corrected chi connectivity index (χ1v) is 13.7. The molecule has 0 aliphatic carbocycles. The number of thiazole rings is 1. The predicted molar refractivity (Wildman–Crippen MR) is 153 cm³/mol. The van der Waals surface area contributed by atoms with Gasteiger partial charge >= 0.3 is 5.97 Å². The fraction of sp³-hybridized carbons (Fsp3) is 0.167. The summed E-state index contributed by atoms with van der Waals surface area (Å²) in [6.07, 6.45) is 1.85. The van der Waals surface area contributed by atoms with E-state index in [0.717, 1.165) is 26.7 Å². The van der Waals surface area contributed by atoms with Crippen LogP contribution in [-0.4, -0.2) is 24.3 Å². The van der Waals surface area contributed by atoms with Gasteiger partial charge in [-0.15, -0.1) is 0 Å². The topological polar surface area (TPSA) is 69.9 Å². The Balaban J connectivity index is 1.83. The lowest BCUT2D eigenvalue weighted by Gasteiger charge is -2.26. The number of aromatic nitrogens is 1. The molecule has 0 spiro atoms. The Morgan fingerprint density at radius 2 is 1.89 bits per heavy atom. The number of nitrogens with zero attached hydrogens (tertiary/aromatic N) is 2. The third-order valence-corrected chi connectivity index (χ3v) is 8.11. The van der Waals surface area contributed by atoms with Gasteiger partial charge in [0.1, 0.15) is 5.75 Å². The van der Waals surface area contributed by atoms with E-state index in [1.165, 1.54) is 11.3 Å². The minimum atomic E-state index is -0.748. The molecule has 192 valence electrons. The molecule has 0 amide bonds. The van der Waals surface area contributed by atoms with E-state index in [2.05, 4.69) is 15.9 Å². The number of rotatable bonds is 6. The van der Waals surface area contributed by atoms with Crippen molar-refractivity contribution in [1.82, 2.24) is 4.57 Å². The first-order chi connectivity index (χ1) is 18.4. The van der Waals surface area contributed by atoms with Gasteiger partial charge in [-0.2, -0.15) is 0 Å². The van der Waals surface area contributed by atoms with E-state index in [1.54, 1.807) is 18.6 Å². The van der Waals surface area contributed by atoms with Crippen LogP contribution in [0.2, 0.25) is 0 Å². The summed E-state index contributed by atoms with van der Waals surface area (Å²) < 4.78 is 14.1. The van der Waals surface area contributed by atoms with Crippen molar-refractivity contribution < 1.29 is 14.3 Å². The van der Waals surface area contributed by atoms with Crippen molar-refractivity contribution in [3.63, 3.8) is 0 Å². The Bertz CT molecular complexity index is 1740. The van der Waals surface area contributed by atoms with Crippen molar-refractivity contribution in [1.29, 1.82) is 0 Å². The fourth-order valence-electron chi connectivity index (χ4n) is 4.42. The Labute approximate surface area is 232 Å². The number of benzene rings is 3. The number of fused-ring (bicyclic) bond motifs is 1. The molecular formula is C30H25BrN2O4S. The van der Waals surface area contributed by atoms with Crippen LogP contribution in [0.5, 0.6) is 5.75 Å². The predicted octanol–water partition coefficient (Wildman–Crippen LogP) is 5.02. The molecular weight excluding hydrogens is 564 g/mol. The molecule has 0 bridgehead atoms. The van der Waals surface area contributed by atoms with Gasteiger partial charge in [0.15, 0.2) is 4.80 Å². The smallest absolute Gasteiger partial charge is 0.338 e. The second-order valence-corrected chi connectivity index (χ2v) is 10.6. The highest BCUT2D eigenvalue weighted by Crippen LogP contribution is 2.36. The van der Waals surface area contributed by atoms with Gasteiger partial charge in [-0.05, 0) is 54.8 Å². The van der Waals surface area contributed by atoms with Crippen LogP contribution < -0.4 is 19.6 Å². The van der Waals surface area contributed by atoms with Crippen molar-refractivity contribution in [3.8, 4) is 5.75 Å². The number of carbonyl (C=O) groups is 1. The molecule has 38 heavy (non-hydrogen) atoms. The molecule has 0 radical (unpaired) electrons. The van der Waals surface area contributed by atoms with Crippen LogP contribution in [0.4, 0.5) is 0 Å². The third kappa shape index (κ3) is 4.89. The second-order valence-electron chi connectivity index (χ2n) is 8.72. The van der Waals surface area contributed by atoms with Gasteiger partial charge in [-0.1, -0.05) is 81.9 Å². The highest BCUT2D eigenvalue weighted by Gasteiger charge is 2.35. The summed E-state index contributed by atoms with van der Waals surface area (Å²) in [7, 11) is 1.59. The Morgan fingerprint density at radius 3 is 2.61 bits per heavy atom. The number of halogens is 1. The lowest BCUT2D eigenvalue weighted by atomic mass is 9.93. The van der Waals surface area contributed by atoms with Crippen LogP contribution in [0.25, 0.3) is 11.8 Å². The minimum absolute atomic E-state index is 0.196. The van der Waals surface area contributed by atoms with E-state index in [-0.39, 0.29) is 12.2 Å². The molecule has 4 aromatic rings. The molecule has 1 aromatic heterocycles. The molecule has 0 N–H and O–H groups in total. The maximum Gasteiger partial charge on any atom is 0.338 e. The summed E-state index contributed by atoms with van der Waals surface area (Å²) in [5, 5.41) is 0. The first kappa shape index (κ1) is 25.9. The molecule has 2 heterocycles. The van der Waals surface area contributed by atoms with E-state index in [1.807, 2.05) is 85.8 Å². The zero-order valence-corrected chi connectivity index (χ0v) is 23.5. The van der Waals surface area contributed by atoms with E-state index < -0.39 is 12.0 Å². The van der Waals surface area contributed by atoms with Crippen LogP contribution in [0.3, 0.4) is 0 Å². The molecule has 8 heteroatoms. The number of esters is 1. The normalized spacial score (nSPS) is 15.2. The molecule has 0 unspecified atom stereocenters. The zero-order valence-electron chi connectivity index (χ0n) is 21.1.